The summed E-state index contributed by atoms with van der Waals surface area (Å²) < 4.78 is 6.89. The van der Waals surface area contributed by atoms with Gasteiger partial charge in [0.1, 0.15) is 17.0 Å². The number of furan rings is 1. The van der Waals surface area contributed by atoms with Gasteiger partial charge in [0.05, 0.1) is 11.5 Å². The van der Waals surface area contributed by atoms with Gasteiger partial charge in [-0.3, -0.25) is 4.99 Å². The van der Waals surface area contributed by atoms with Gasteiger partial charge in [0.25, 0.3) is 0 Å². The van der Waals surface area contributed by atoms with Crippen LogP contribution in [0.3, 0.4) is 0 Å². The van der Waals surface area contributed by atoms with E-state index in [1.54, 1.807) is 0 Å². The predicted octanol–water partition coefficient (Wildman–Crippen LogP) is 13.0. The zero-order chi connectivity index (χ0) is 37.1. The zero-order valence-corrected chi connectivity index (χ0v) is 30.8. The lowest BCUT2D eigenvalue weighted by molar-refractivity contribution is 0.667. The second-order valence-electron chi connectivity index (χ2n) is 14.9. The molecule has 3 aliphatic rings. The molecule has 0 bridgehead atoms. The topological polar surface area (TPSA) is 37.5 Å². The summed E-state index contributed by atoms with van der Waals surface area (Å²) in [6, 6.07) is 60.9. The Morgan fingerprint density at radius 2 is 1.30 bits per heavy atom. The minimum absolute atomic E-state index is 0.194. The number of benzene rings is 7. The highest BCUT2D eigenvalue weighted by atomic mass is 16.3. The van der Waals surface area contributed by atoms with Crippen LogP contribution in [0.15, 0.2) is 209 Å². The van der Waals surface area contributed by atoms with E-state index in [2.05, 4.69) is 187 Å². The Balaban J connectivity index is 1.18. The van der Waals surface area contributed by atoms with Crippen LogP contribution in [0.1, 0.15) is 52.3 Å². The van der Waals surface area contributed by atoms with E-state index in [0.29, 0.717) is 0 Å². The maximum atomic E-state index is 6.89. The number of para-hydroxylation sites is 1. The minimum Gasteiger partial charge on any atom is -0.455 e. The summed E-state index contributed by atoms with van der Waals surface area (Å²) >= 11 is 0. The van der Waals surface area contributed by atoms with Gasteiger partial charge >= 0.3 is 0 Å². The molecule has 1 N–H and O–H groups in total. The average molecular weight is 719 g/mol. The van der Waals surface area contributed by atoms with Crippen molar-refractivity contribution >= 4 is 33.5 Å². The van der Waals surface area contributed by atoms with Gasteiger partial charge in [0.2, 0.25) is 0 Å². The maximum absolute atomic E-state index is 6.89. The van der Waals surface area contributed by atoms with E-state index in [4.69, 9.17) is 9.41 Å². The largest absolute Gasteiger partial charge is 0.455 e. The maximum Gasteiger partial charge on any atom is 0.145 e. The number of allylic oxidation sites excluding steroid dienone is 4. The third kappa shape index (κ3) is 5.01. The first-order valence-electron chi connectivity index (χ1n) is 19.6. The molecule has 0 fully saturated rings. The summed E-state index contributed by atoms with van der Waals surface area (Å²) in [5.74, 6) is 0.833. The number of hydrogen-bond donors (Lipinski definition) is 1. The van der Waals surface area contributed by atoms with Crippen molar-refractivity contribution in [2.24, 2.45) is 4.99 Å². The summed E-state index contributed by atoms with van der Waals surface area (Å²) in [6.07, 6.45) is 11.5. The third-order valence-corrected chi connectivity index (χ3v) is 11.8. The third-order valence-electron chi connectivity index (χ3n) is 11.8. The summed E-state index contributed by atoms with van der Waals surface area (Å²) in [6.45, 7) is 0. The van der Waals surface area contributed by atoms with Gasteiger partial charge in [-0.1, -0.05) is 170 Å². The lowest BCUT2D eigenvalue weighted by Gasteiger charge is -2.36. The molecule has 1 aliphatic heterocycles. The van der Waals surface area contributed by atoms with Gasteiger partial charge in [-0.15, -0.1) is 0 Å². The monoisotopic (exact) mass is 718 g/mol. The lowest BCUT2D eigenvalue weighted by atomic mass is 9.66. The highest BCUT2D eigenvalue weighted by Crippen LogP contribution is 2.58. The quantitative estimate of drug-likeness (QED) is 0.186. The van der Waals surface area contributed by atoms with E-state index in [9.17, 15) is 0 Å². The molecule has 266 valence electrons. The highest BCUT2D eigenvalue weighted by molar-refractivity contribution is 6.13. The lowest BCUT2D eigenvalue weighted by Crippen LogP contribution is -2.29. The van der Waals surface area contributed by atoms with Crippen molar-refractivity contribution in [3.05, 3.63) is 233 Å². The molecule has 1 aromatic heterocycles. The van der Waals surface area contributed by atoms with Gasteiger partial charge in [0.15, 0.2) is 0 Å². The fourth-order valence-corrected chi connectivity index (χ4v) is 9.36. The van der Waals surface area contributed by atoms with E-state index in [0.717, 1.165) is 74.1 Å². The van der Waals surface area contributed by atoms with E-state index in [1.165, 1.54) is 33.4 Å². The number of aliphatic imine (C=N–C) groups is 1. The number of amidine groups is 1. The molecular weight excluding hydrogens is 681 g/mol. The van der Waals surface area contributed by atoms with Crippen LogP contribution in [0.5, 0.6) is 0 Å². The van der Waals surface area contributed by atoms with Crippen LogP contribution < -0.4 is 5.32 Å². The predicted molar refractivity (Wildman–Crippen MR) is 231 cm³/mol. The fraction of sp³-hybridized carbons (Fsp3) is 0.0755. The smallest absolute Gasteiger partial charge is 0.145 e. The summed E-state index contributed by atoms with van der Waals surface area (Å²) in [5, 5.41) is 6.02. The molecule has 2 heterocycles. The van der Waals surface area contributed by atoms with Crippen LogP contribution in [-0.2, 0) is 5.41 Å². The number of fused-ring (bicyclic) bond motifs is 6. The molecule has 0 saturated carbocycles. The Morgan fingerprint density at radius 3 is 2.12 bits per heavy atom. The molecule has 0 saturated heterocycles. The molecule has 8 aromatic rings. The van der Waals surface area contributed by atoms with Gasteiger partial charge in [-0.25, -0.2) is 0 Å². The van der Waals surface area contributed by atoms with Crippen molar-refractivity contribution in [2.75, 3.05) is 0 Å². The molecule has 11 rings (SSSR count). The van der Waals surface area contributed by atoms with Crippen molar-refractivity contribution in [3.63, 3.8) is 0 Å². The van der Waals surface area contributed by atoms with Crippen molar-refractivity contribution in [1.29, 1.82) is 0 Å². The number of nitrogens with zero attached hydrogens (tertiary/aromatic N) is 1. The summed E-state index contributed by atoms with van der Waals surface area (Å²) in [4.78, 5) is 5.28. The van der Waals surface area contributed by atoms with E-state index < -0.39 is 5.41 Å². The molecule has 2 unspecified atom stereocenters. The first-order chi connectivity index (χ1) is 27.8. The first-order valence-corrected chi connectivity index (χ1v) is 19.6. The van der Waals surface area contributed by atoms with Crippen LogP contribution >= 0.6 is 0 Å². The van der Waals surface area contributed by atoms with Gasteiger partial charge < -0.3 is 9.73 Å². The molecule has 3 nitrogen and oxygen atoms in total. The Morgan fingerprint density at radius 1 is 0.589 bits per heavy atom. The number of nitrogens with one attached hydrogen (secondary N) is 1. The van der Waals surface area contributed by atoms with Gasteiger partial charge in [-0.05, 0) is 87.2 Å². The molecule has 0 spiro atoms. The SMILES string of the molecule is C1=CC(C2(c3ccccc3)c3ccccc3-c3ccc(-c4ccc5c(oc6ccccc65)c4C4=CC(c5ccccc5)N=C(c5ccccc5)N4)cc32)=CCC1. The molecular formula is C53H38N2O. The van der Waals surface area contributed by atoms with Crippen molar-refractivity contribution in [1.82, 2.24) is 5.32 Å². The minimum atomic E-state index is -0.461. The fourth-order valence-electron chi connectivity index (χ4n) is 9.36. The van der Waals surface area contributed by atoms with E-state index >= 15 is 0 Å². The summed E-state index contributed by atoms with van der Waals surface area (Å²) in [5.41, 5.74) is 15.5. The van der Waals surface area contributed by atoms with E-state index in [-0.39, 0.29) is 6.04 Å². The average Bonchev–Trinajstić information content (AvgIpc) is 3.81. The molecule has 2 atom stereocenters. The van der Waals surface area contributed by atoms with Crippen LogP contribution in [0.2, 0.25) is 0 Å². The van der Waals surface area contributed by atoms with Crippen LogP contribution in [-0.4, -0.2) is 5.84 Å². The Kier molecular flexibility index (Phi) is 7.60. The zero-order valence-electron chi connectivity index (χ0n) is 30.8. The molecule has 2 aliphatic carbocycles. The molecule has 56 heavy (non-hydrogen) atoms. The van der Waals surface area contributed by atoms with Crippen LogP contribution in [0.25, 0.3) is 49.9 Å². The molecule has 7 aromatic carbocycles. The molecule has 0 radical (unpaired) electrons. The molecule has 3 heteroatoms. The standard InChI is InChI=1S/C53H38N2O/c1-5-17-35(18-6-1)47-34-48(55-52(54-47)36-19-7-2-8-20-36)50-40(31-32-44-43-26-14-16-28-49(43)56-51(44)50)37-29-30-42-41-25-13-15-27-45(41)53(46(42)33-37,38-21-9-3-10-22-38)39-23-11-4-12-24-39/h1-3,5-11,13-34,47H,4,12H2,(H,54,55). The summed E-state index contributed by atoms with van der Waals surface area (Å²) in [7, 11) is 0. The number of hydrogen-bond acceptors (Lipinski definition) is 3. The number of rotatable bonds is 6. The van der Waals surface area contributed by atoms with Gasteiger partial charge in [0, 0.05) is 27.6 Å². The second-order valence-corrected chi connectivity index (χ2v) is 14.9. The Bertz CT molecular complexity index is 2930. The normalized spacial score (nSPS) is 18.5. The van der Waals surface area contributed by atoms with E-state index in [1.807, 2.05) is 12.1 Å². The second kappa shape index (κ2) is 13.1. The Labute approximate surface area is 326 Å². The van der Waals surface area contributed by atoms with Crippen LogP contribution in [0.4, 0.5) is 0 Å². The first kappa shape index (κ1) is 32.5. The van der Waals surface area contributed by atoms with Crippen LogP contribution in [0, 0.1) is 0 Å². The van der Waals surface area contributed by atoms with Crippen molar-refractivity contribution < 1.29 is 4.42 Å². The highest BCUT2D eigenvalue weighted by Gasteiger charge is 2.47. The van der Waals surface area contributed by atoms with Crippen molar-refractivity contribution in [2.45, 2.75) is 24.3 Å². The van der Waals surface area contributed by atoms with Gasteiger partial charge in [-0.2, -0.15) is 0 Å². The Hall–Kier alpha value is -6.97. The molecule has 0 amide bonds. The van der Waals surface area contributed by atoms with Crippen molar-refractivity contribution in [3.8, 4) is 22.3 Å².